The van der Waals surface area contributed by atoms with Gasteiger partial charge < -0.3 is 0 Å². The van der Waals surface area contributed by atoms with E-state index in [1.165, 1.54) is 25.7 Å². The molecule has 0 aromatic carbocycles. The summed E-state index contributed by atoms with van der Waals surface area (Å²) < 4.78 is 0. The highest BCUT2D eigenvalue weighted by atomic mass is 14.8. The van der Waals surface area contributed by atoms with Gasteiger partial charge in [0, 0.05) is 12.8 Å². The Morgan fingerprint density at radius 2 is 2.11 bits per heavy atom. The van der Waals surface area contributed by atoms with Crippen LogP contribution in [0.3, 0.4) is 0 Å². The van der Waals surface area contributed by atoms with Crippen LogP contribution in [-0.2, 0) is 0 Å². The van der Waals surface area contributed by atoms with Gasteiger partial charge in [-0.2, -0.15) is 0 Å². The van der Waals surface area contributed by atoms with E-state index in [4.69, 9.17) is 0 Å². The zero-order chi connectivity index (χ0) is 6.10. The number of nitrogens with zero attached hydrogens (tertiary/aromatic N) is 1. The van der Waals surface area contributed by atoms with Gasteiger partial charge in [-0.25, -0.2) is 0 Å². The standard InChI is InChI=1S/C8H13N/c1-2-4-8-6-9-5-7(8)3-1/h5,7-8H,1-4,6H2/t7-,8+/m1/s1. The lowest BCUT2D eigenvalue weighted by Crippen LogP contribution is -2.17. The van der Waals surface area contributed by atoms with Crippen molar-refractivity contribution >= 4 is 6.21 Å². The van der Waals surface area contributed by atoms with Crippen molar-refractivity contribution in [2.24, 2.45) is 16.8 Å². The molecule has 1 aliphatic carbocycles. The summed E-state index contributed by atoms with van der Waals surface area (Å²) in [6.45, 7) is 1.13. The maximum atomic E-state index is 4.30. The summed E-state index contributed by atoms with van der Waals surface area (Å²) in [5.41, 5.74) is 0. The first-order valence-electron chi connectivity index (χ1n) is 3.97. The number of hydrogen-bond donors (Lipinski definition) is 0. The fourth-order valence-electron chi connectivity index (χ4n) is 1.99. The molecule has 50 valence electrons. The van der Waals surface area contributed by atoms with E-state index < -0.39 is 0 Å². The van der Waals surface area contributed by atoms with Crippen molar-refractivity contribution in [1.29, 1.82) is 0 Å². The zero-order valence-corrected chi connectivity index (χ0v) is 5.71. The van der Waals surface area contributed by atoms with Gasteiger partial charge in [-0.3, -0.25) is 4.99 Å². The summed E-state index contributed by atoms with van der Waals surface area (Å²) in [5, 5.41) is 0. The smallest absolute Gasteiger partial charge is 0.0419 e. The lowest BCUT2D eigenvalue weighted by atomic mass is 9.82. The summed E-state index contributed by atoms with van der Waals surface area (Å²) in [4.78, 5) is 4.30. The third-order valence-electron chi connectivity index (χ3n) is 2.60. The van der Waals surface area contributed by atoms with Gasteiger partial charge in [-0.05, 0) is 24.7 Å². The molecule has 0 radical (unpaired) electrons. The van der Waals surface area contributed by atoms with Gasteiger partial charge in [0.2, 0.25) is 0 Å². The topological polar surface area (TPSA) is 12.4 Å². The van der Waals surface area contributed by atoms with E-state index in [2.05, 4.69) is 11.2 Å². The second-order valence-corrected chi connectivity index (χ2v) is 3.22. The Bertz CT molecular complexity index is 129. The largest absolute Gasteiger partial charge is 0.297 e. The van der Waals surface area contributed by atoms with E-state index in [-0.39, 0.29) is 0 Å². The highest BCUT2D eigenvalue weighted by Crippen LogP contribution is 2.31. The van der Waals surface area contributed by atoms with Gasteiger partial charge in [0.25, 0.3) is 0 Å². The summed E-state index contributed by atoms with van der Waals surface area (Å²) >= 11 is 0. The molecule has 9 heavy (non-hydrogen) atoms. The first-order valence-corrected chi connectivity index (χ1v) is 3.97. The van der Waals surface area contributed by atoms with Crippen LogP contribution in [0.2, 0.25) is 0 Å². The molecule has 1 heterocycles. The van der Waals surface area contributed by atoms with Crippen LogP contribution in [0, 0.1) is 11.8 Å². The van der Waals surface area contributed by atoms with Crippen molar-refractivity contribution in [3.05, 3.63) is 0 Å². The van der Waals surface area contributed by atoms with E-state index in [1.54, 1.807) is 0 Å². The molecule has 1 heteroatoms. The summed E-state index contributed by atoms with van der Waals surface area (Å²) in [6.07, 6.45) is 7.92. The minimum Gasteiger partial charge on any atom is -0.297 e. The second-order valence-electron chi connectivity index (χ2n) is 3.22. The normalized spacial score (nSPS) is 40.9. The van der Waals surface area contributed by atoms with Gasteiger partial charge in [0.05, 0.1) is 0 Å². The van der Waals surface area contributed by atoms with Crippen LogP contribution < -0.4 is 0 Å². The molecule has 1 aliphatic heterocycles. The Kier molecular flexibility index (Phi) is 1.29. The fourth-order valence-corrected chi connectivity index (χ4v) is 1.99. The third-order valence-corrected chi connectivity index (χ3v) is 2.60. The Labute approximate surface area is 56.2 Å². The number of fused-ring (bicyclic) bond motifs is 1. The Morgan fingerprint density at radius 3 is 3.00 bits per heavy atom. The van der Waals surface area contributed by atoms with Crippen molar-refractivity contribution in [2.75, 3.05) is 6.54 Å². The summed E-state index contributed by atoms with van der Waals surface area (Å²) in [5.74, 6) is 1.82. The predicted octanol–water partition coefficient (Wildman–Crippen LogP) is 1.88. The van der Waals surface area contributed by atoms with Gasteiger partial charge in [-0.1, -0.05) is 12.8 Å². The van der Waals surface area contributed by atoms with E-state index in [1.807, 2.05) is 0 Å². The van der Waals surface area contributed by atoms with Crippen LogP contribution in [0.4, 0.5) is 0 Å². The van der Waals surface area contributed by atoms with Crippen molar-refractivity contribution in [3.63, 3.8) is 0 Å². The van der Waals surface area contributed by atoms with E-state index >= 15 is 0 Å². The van der Waals surface area contributed by atoms with E-state index in [0.717, 1.165) is 18.4 Å². The SMILES string of the molecule is C1=NC[C@@H]2CCCC[C@H]12. The monoisotopic (exact) mass is 123 g/mol. The summed E-state index contributed by atoms with van der Waals surface area (Å²) in [7, 11) is 0. The van der Waals surface area contributed by atoms with Crippen LogP contribution in [0.1, 0.15) is 25.7 Å². The van der Waals surface area contributed by atoms with Crippen molar-refractivity contribution < 1.29 is 0 Å². The number of rotatable bonds is 0. The molecule has 0 unspecified atom stereocenters. The maximum Gasteiger partial charge on any atom is 0.0419 e. The number of hydrogen-bond acceptors (Lipinski definition) is 1. The third kappa shape index (κ3) is 0.887. The van der Waals surface area contributed by atoms with Crippen LogP contribution in [-0.4, -0.2) is 12.8 Å². The Morgan fingerprint density at radius 1 is 1.22 bits per heavy atom. The Hall–Kier alpha value is -0.330. The molecular weight excluding hydrogens is 110 g/mol. The van der Waals surface area contributed by atoms with Crippen LogP contribution >= 0.6 is 0 Å². The second kappa shape index (κ2) is 2.13. The molecule has 1 fully saturated rings. The lowest BCUT2D eigenvalue weighted by Gasteiger charge is -2.22. The number of aliphatic imine (C=N–C) groups is 1. The lowest BCUT2D eigenvalue weighted by molar-refractivity contribution is 0.332. The Balaban J connectivity index is 2.03. The minimum atomic E-state index is 0.874. The quantitative estimate of drug-likeness (QED) is 0.466. The molecule has 2 atom stereocenters. The van der Waals surface area contributed by atoms with E-state index in [0.29, 0.717) is 0 Å². The average molecular weight is 123 g/mol. The van der Waals surface area contributed by atoms with Gasteiger partial charge >= 0.3 is 0 Å². The first kappa shape index (κ1) is 5.45. The zero-order valence-electron chi connectivity index (χ0n) is 5.71. The molecule has 0 aromatic heterocycles. The molecule has 0 amide bonds. The highest BCUT2D eigenvalue weighted by Gasteiger charge is 2.26. The van der Waals surface area contributed by atoms with Crippen LogP contribution in [0.15, 0.2) is 4.99 Å². The molecular formula is C8H13N. The molecule has 0 saturated heterocycles. The molecule has 0 spiro atoms. The molecule has 0 aromatic rings. The molecule has 0 bridgehead atoms. The molecule has 2 aliphatic rings. The maximum absolute atomic E-state index is 4.30. The molecule has 1 saturated carbocycles. The van der Waals surface area contributed by atoms with Crippen molar-refractivity contribution in [3.8, 4) is 0 Å². The average Bonchev–Trinajstić information content (AvgIpc) is 2.33. The van der Waals surface area contributed by atoms with Crippen molar-refractivity contribution in [2.45, 2.75) is 25.7 Å². The van der Waals surface area contributed by atoms with E-state index in [9.17, 15) is 0 Å². The molecule has 2 rings (SSSR count). The fraction of sp³-hybridized carbons (Fsp3) is 0.875. The highest BCUT2D eigenvalue weighted by molar-refractivity contribution is 5.63. The molecule has 0 N–H and O–H groups in total. The first-order chi connectivity index (χ1) is 4.47. The van der Waals surface area contributed by atoms with Crippen molar-refractivity contribution in [1.82, 2.24) is 0 Å². The van der Waals surface area contributed by atoms with Gasteiger partial charge in [0.1, 0.15) is 0 Å². The van der Waals surface area contributed by atoms with Gasteiger partial charge in [0.15, 0.2) is 0 Å². The molecule has 1 nitrogen and oxygen atoms in total. The van der Waals surface area contributed by atoms with Crippen LogP contribution in [0.25, 0.3) is 0 Å². The van der Waals surface area contributed by atoms with Crippen LogP contribution in [0.5, 0.6) is 0 Å². The predicted molar refractivity (Wildman–Crippen MR) is 38.8 cm³/mol. The van der Waals surface area contributed by atoms with Gasteiger partial charge in [-0.15, -0.1) is 0 Å². The minimum absolute atomic E-state index is 0.874. The summed E-state index contributed by atoms with van der Waals surface area (Å²) in [6, 6.07) is 0.